The van der Waals surface area contributed by atoms with Crippen LogP contribution < -0.4 is 0 Å². The molecule has 1 fully saturated rings. The summed E-state index contributed by atoms with van der Waals surface area (Å²) in [7, 11) is 0. The topological polar surface area (TPSA) is 50.4 Å². The van der Waals surface area contributed by atoms with E-state index in [9.17, 15) is 9.90 Å². The molecule has 0 bridgehead atoms. The van der Waals surface area contributed by atoms with Crippen molar-refractivity contribution in [2.75, 3.05) is 0 Å². The second-order valence-electron chi connectivity index (χ2n) is 5.70. The maximum absolute atomic E-state index is 11.2. The van der Waals surface area contributed by atoms with Crippen LogP contribution in [-0.2, 0) is 4.79 Å². The molecule has 2 atom stereocenters. The van der Waals surface area contributed by atoms with E-state index in [2.05, 4.69) is 0 Å². The summed E-state index contributed by atoms with van der Waals surface area (Å²) in [4.78, 5) is 11.2. The summed E-state index contributed by atoms with van der Waals surface area (Å²) in [6.07, 6.45) is 0. The quantitative estimate of drug-likeness (QED) is 0.878. The van der Waals surface area contributed by atoms with Gasteiger partial charge in [0.25, 0.3) is 0 Å². The molecule has 3 rings (SSSR count). The van der Waals surface area contributed by atoms with Crippen molar-refractivity contribution in [1.29, 1.82) is 0 Å². The van der Waals surface area contributed by atoms with Gasteiger partial charge in [0.2, 0.25) is 0 Å². The summed E-state index contributed by atoms with van der Waals surface area (Å²) >= 11 is 0. The standard InChI is InChI=1S/C15H16O3/c1-8-9-6-4-5-7-10(9)18-13(8)11-12(14(16)17)15(11,2)3/h4-7,11-12H,1-3H3,(H,16,17). The van der Waals surface area contributed by atoms with Crippen molar-refractivity contribution in [2.24, 2.45) is 11.3 Å². The van der Waals surface area contributed by atoms with E-state index in [1.807, 2.05) is 45.0 Å². The van der Waals surface area contributed by atoms with Crippen LogP contribution in [0.15, 0.2) is 28.7 Å². The number of para-hydroxylation sites is 1. The van der Waals surface area contributed by atoms with E-state index in [-0.39, 0.29) is 17.3 Å². The lowest BCUT2D eigenvalue weighted by Crippen LogP contribution is -2.03. The van der Waals surface area contributed by atoms with Crippen LogP contribution in [0.25, 0.3) is 11.0 Å². The zero-order valence-corrected chi connectivity index (χ0v) is 10.7. The second kappa shape index (κ2) is 3.37. The van der Waals surface area contributed by atoms with Crippen LogP contribution in [0.5, 0.6) is 0 Å². The molecule has 0 amide bonds. The molecule has 94 valence electrons. The fourth-order valence-electron chi connectivity index (χ4n) is 3.08. The molecule has 2 aromatic rings. The van der Waals surface area contributed by atoms with E-state index in [0.29, 0.717) is 0 Å². The maximum Gasteiger partial charge on any atom is 0.307 e. The summed E-state index contributed by atoms with van der Waals surface area (Å²) in [5, 5.41) is 10.3. The van der Waals surface area contributed by atoms with Crippen LogP contribution in [0.1, 0.15) is 31.1 Å². The summed E-state index contributed by atoms with van der Waals surface area (Å²) in [6.45, 7) is 5.99. The Kier molecular flexibility index (Phi) is 2.12. The zero-order chi connectivity index (χ0) is 13.1. The minimum atomic E-state index is -0.732. The third-order valence-corrected chi connectivity index (χ3v) is 4.26. The van der Waals surface area contributed by atoms with Crippen molar-refractivity contribution in [3.05, 3.63) is 35.6 Å². The Labute approximate surface area is 105 Å². The number of aliphatic carboxylic acids is 1. The Bertz CT molecular complexity index is 636. The third kappa shape index (κ3) is 1.33. The minimum Gasteiger partial charge on any atom is -0.481 e. The average molecular weight is 244 g/mol. The van der Waals surface area contributed by atoms with E-state index in [1.54, 1.807) is 0 Å². The van der Waals surface area contributed by atoms with Gasteiger partial charge in [0.1, 0.15) is 11.3 Å². The van der Waals surface area contributed by atoms with Gasteiger partial charge in [-0.15, -0.1) is 0 Å². The lowest BCUT2D eigenvalue weighted by atomic mass is 10.0. The first-order chi connectivity index (χ1) is 8.44. The number of benzene rings is 1. The number of carbonyl (C=O) groups is 1. The average Bonchev–Trinajstić information content (AvgIpc) is 2.73. The fraction of sp³-hybridized carbons (Fsp3) is 0.400. The lowest BCUT2D eigenvalue weighted by molar-refractivity contribution is -0.139. The predicted octanol–water partition coefficient (Wildman–Crippen LogP) is 3.57. The molecule has 0 radical (unpaired) electrons. The normalized spacial score (nSPS) is 25.3. The first kappa shape index (κ1) is 11.3. The van der Waals surface area contributed by atoms with Gasteiger partial charge in [-0.05, 0) is 24.0 Å². The minimum absolute atomic E-state index is 0.0117. The van der Waals surface area contributed by atoms with Crippen molar-refractivity contribution < 1.29 is 14.3 Å². The van der Waals surface area contributed by atoms with Crippen LogP contribution in [-0.4, -0.2) is 11.1 Å². The Morgan fingerprint density at radius 1 is 1.33 bits per heavy atom. The first-order valence-electron chi connectivity index (χ1n) is 6.15. The molecule has 1 aromatic carbocycles. The van der Waals surface area contributed by atoms with Crippen molar-refractivity contribution in [2.45, 2.75) is 26.7 Å². The third-order valence-electron chi connectivity index (χ3n) is 4.26. The monoisotopic (exact) mass is 244 g/mol. The Hall–Kier alpha value is -1.77. The first-order valence-corrected chi connectivity index (χ1v) is 6.15. The molecule has 3 nitrogen and oxygen atoms in total. The van der Waals surface area contributed by atoms with Gasteiger partial charge in [0.05, 0.1) is 5.92 Å². The molecule has 3 heteroatoms. The largest absolute Gasteiger partial charge is 0.481 e. The molecule has 0 saturated heterocycles. The van der Waals surface area contributed by atoms with Gasteiger partial charge >= 0.3 is 5.97 Å². The highest BCUT2D eigenvalue weighted by Gasteiger charge is 2.64. The molecule has 0 aliphatic heterocycles. The van der Waals surface area contributed by atoms with Crippen LogP contribution in [0.2, 0.25) is 0 Å². The molecule has 1 aliphatic carbocycles. The van der Waals surface area contributed by atoms with Crippen molar-refractivity contribution in [3.8, 4) is 0 Å². The van der Waals surface area contributed by atoms with Crippen LogP contribution in [0.3, 0.4) is 0 Å². The van der Waals surface area contributed by atoms with Crippen molar-refractivity contribution >= 4 is 16.9 Å². The van der Waals surface area contributed by atoms with Gasteiger partial charge in [0, 0.05) is 11.3 Å². The molecule has 1 aromatic heterocycles. The molecule has 2 unspecified atom stereocenters. The highest BCUT2D eigenvalue weighted by molar-refractivity contribution is 5.84. The van der Waals surface area contributed by atoms with E-state index in [0.717, 1.165) is 22.3 Å². The van der Waals surface area contributed by atoms with Gasteiger partial charge in [-0.1, -0.05) is 32.0 Å². The Morgan fingerprint density at radius 2 is 2.00 bits per heavy atom. The Balaban J connectivity index is 2.12. The Morgan fingerprint density at radius 3 is 2.56 bits per heavy atom. The van der Waals surface area contributed by atoms with Crippen LogP contribution in [0, 0.1) is 18.3 Å². The molecule has 1 aliphatic rings. The van der Waals surface area contributed by atoms with Gasteiger partial charge in [0.15, 0.2) is 0 Å². The number of furan rings is 1. The second-order valence-corrected chi connectivity index (χ2v) is 5.70. The van der Waals surface area contributed by atoms with Crippen molar-refractivity contribution in [3.63, 3.8) is 0 Å². The van der Waals surface area contributed by atoms with E-state index < -0.39 is 5.97 Å². The predicted molar refractivity (Wildman–Crippen MR) is 68.6 cm³/mol. The smallest absolute Gasteiger partial charge is 0.307 e. The highest BCUT2D eigenvalue weighted by atomic mass is 16.4. The molecular weight excluding hydrogens is 228 g/mol. The lowest BCUT2D eigenvalue weighted by Gasteiger charge is -1.99. The summed E-state index contributed by atoms with van der Waals surface area (Å²) in [6, 6.07) is 7.85. The van der Waals surface area contributed by atoms with Gasteiger partial charge in [-0.2, -0.15) is 0 Å². The van der Waals surface area contributed by atoms with E-state index in [4.69, 9.17) is 4.42 Å². The molecule has 18 heavy (non-hydrogen) atoms. The summed E-state index contributed by atoms with van der Waals surface area (Å²) in [5.41, 5.74) is 1.70. The number of carboxylic acid groups (broad SMARTS) is 1. The number of carboxylic acids is 1. The van der Waals surface area contributed by atoms with E-state index in [1.165, 1.54) is 0 Å². The van der Waals surface area contributed by atoms with E-state index >= 15 is 0 Å². The van der Waals surface area contributed by atoms with Gasteiger partial charge in [-0.3, -0.25) is 4.79 Å². The van der Waals surface area contributed by atoms with Crippen LogP contribution in [0.4, 0.5) is 0 Å². The summed E-state index contributed by atoms with van der Waals surface area (Å²) in [5.74, 6) is -0.238. The molecule has 0 spiro atoms. The molecular formula is C15H16O3. The SMILES string of the molecule is Cc1c(C2C(C(=O)O)C2(C)C)oc2ccccc12. The molecule has 1 saturated carbocycles. The van der Waals surface area contributed by atoms with Crippen LogP contribution >= 0.6 is 0 Å². The number of aryl methyl sites for hydroxylation is 1. The maximum atomic E-state index is 11.2. The number of hydrogen-bond donors (Lipinski definition) is 1. The fourth-order valence-corrected chi connectivity index (χ4v) is 3.08. The number of fused-ring (bicyclic) bond motifs is 1. The molecule has 1 heterocycles. The number of rotatable bonds is 2. The molecule has 1 N–H and O–H groups in total. The van der Waals surface area contributed by atoms with Gasteiger partial charge < -0.3 is 9.52 Å². The van der Waals surface area contributed by atoms with Crippen molar-refractivity contribution in [1.82, 2.24) is 0 Å². The number of hydrogen-bond acceptors (Lipinski definition) is 2. The zero-order valence-electron chi connectivity index (χ0n) is 10.7. The summed E-state index contributed by atoms with van der Waals surface area (Å²) < 4.78 is 5.88. The highest BCUT2D eigenvalue weighted by Crippen LogP contribution is 2.65. The van der Waals surface area contributed by atoms with Gasteiger partial charge in [-0.25, -0.2) is 0 Å².